The van der Waals surface area contributed by atoms with E-state index < -0.39 is 31.2 Å². The largest absolute Gasteiger partial charge is 0.347 e. The monoisotopic (exact) mass is 355 g/mol. The number of hydrogen-bond acceptors (Lipinski definition) is 3. The van der Waals surface area contributed by atoms with Crippen LogP contribution < -0.4 is 5.32 Å². The molecule has 0 aliphatic heterocycles. The minimum atomic E-state index is -4.30. The third-order valence-corrected chi connectivity index (χ3v) is 5.15. The Morgan fingerprint density at radius 3 is 2.29 bits per heavy atom. The van der Waals surface area contributed by atoms with Crippen LogP contribution in [0.3, 0.4) is 0 Å². The highest BCUT2D eigenvalue weighted by molar-refractivity contribution is 8.13. The number of rotatable bonds is 5. The van der Waals surface area contributed by atoms with E-state index in [0.717, 1.165) is 12.1 Å². The van der Waals surface area contributed by atoms with E-state index in [1.165, 1.54) is 0 Å². The highest BCUT2D eigenvalue weighted by atomic mass is 35.7. The lowest BCUT2D eigenvalue weighted by atomic mass is 9.95. The van der Waals surface area contributed by atoms with Gasteiger partial charge >= 0.3 is 0 Å². The predicted octanol–water partition coefficient (Wildman–Crippen LogP) is 3.72. The van der Waals surface area contributed by atoms with Crippen molar-refractivity contribution in [2.75, 3.05) is 0 Å². The van der Waals surface area contributed by atoms with Crippen LogP contribution in [0.2, 0.25) is 5.02 Å². The molecular formula is C13H16Cl2FNO3S. The molecule has 8 heteroatoms. The molecule has 21 heavy (non-hydrogen) atoms. The fraction of sp³-hybridized carbons (Fsp3) is 0.462. The Morgan fingerprint density at radius 1 is 1.33 bits per heavy atom. The molecule has 0 bridgehead atoms. The van der Waals surface area contributed by atoms with E-state index in [4.69, 9.17) is 22.3 Å². The van der Waals surface area contributed by atoms with Crippen LogP contribution in [0.4, 0.5) is 4.39 Å². The van der Waals surface area contributed by atoms with Crippen molar-refractivity contribution in [3.8, 4) is 0 Å². The third kappa shape index (κ3) is 4.31. The summed E-state index contributed by atoms with van der Waals surface area (Å²) in [5.74, 6) is -1.67. The van der Waals surface area contributed by atoms with E-state index in [-0.39, 0.29) is 10.6 Å². The summed E-state index contributed by atoms with van der Waals surface area (Å²) in [5.41, 5.74) is -0.597. The van der Waals surface area contributed by atoms with Gasteiger partial charge < -0.3 is 5.32 Å². The van der Waals surface area contributed by atoms with E-state index >= 15 is 0 Å². The van der Waals surface area contributed by atoms with Gasteiger partial charge in [-0.2, -0.15) is 0 Å². The molecule has 1 amide bonds. The second kappa shape index (κ2) is 6.50. The number of halogens is 3. The van der Waals surface area contributed by atoms with Crippen LogP contribution >= 0.6 is 22.3 Å². The lowest BCUT2D eigenvalue weighted by Gasteiger charge is -2.28. The summed E-state index contributed by atoms with van der Waals surface area (Å²) in [4.78, 5) is 11.5. The van der Waals surface area contributed by atoms with Gasteiger partial charge in [-0.15, -0.1) is 0 Å². The Kier molecular flexibility index (Phi) is 5.63. The first kappa shape index (κ1) is 18.2. The van der Waals surface area contributed by atoms with Crippen molar-refractivity contribution >= 4 is 37.2 Å². The van der Waals surface area contributed by atoms with Crippen LogP contribution in [-0.2, 0) is 9.05 Å². The highest BCUT2D eigenvalue weighted by Crippen LogP contribution is 2.27. The molecular weight excluding hydrogens is 340 g/mol. The first-order valence-electron chi connectivity index (χ1n) is 6.30. The summed E-state index contributed by atoms with van der Waals surface area (Å²) in [5, 5.41) is 2.59. The molecule has 0 radical (unpaired) electrons. The molecule has 0 saturated carbocycles. The molecule has 1 aromatic carbocycles. The van der Waals surface area contributed by atoms with Gasteiger partial charge in [0.15, 0.2) is 0 Å². The van der Waals surface area contributed by atoms with Gasteiger partial charge in [-0.1, -0.05) is 25.4 Å². The molecule has 0 aliphatic carbocycles. The lowest BCUT2D eigenvalue weighted by molar-refractivity contribution is 0.0901. The zero-order valence-corrected chi connectivity index (χ0v) is 14.2. The van der Waals surface area contributed by atoms with Crippen molar-refractivity contribution in [3.05, 3.63) is 28.5 Å². The summed E-state index contributed by atoms with van der Waals surface area (Å²) in [6.07, 6.45) is 1.35. The average Bonchev–Trinajstić information content (AvgIpc) is 2.36. The number of nitrogens with one attached hydrogen (secondary N) is 1. The number of amides is 1. The van der Waals surface area contributed by atoms with Crippen molar-refractivity contribution < 1.29 is 17.6 Å². The average molecular weight is 356 g/mol. The molecule has 0 fully saturated rings. The summed E-state index contributed by atoms with van der Waals surface area (Å²) in [7, 11) is 0.835. The Morgan fingerprint density at radius 2 is 1.86 bits per heavy atom. The van der Waals surface area contributed by atoms with Gasteiger partial charge in [-0.05, 0) is 31.9 Å². The number of carbonyl (C=O) groups excluding carboxylic acids is 1. The van der Waals surface area contributed by atoms with Crippen LogP contribution in [-0.4, -0.2) is 19.9 Å². The zero-order valence-electron chi connectivity index (χ0n) is 11.8. The summed E-state index contributed by atoms with van der Waals surface area (Å²) in [6, 6.07) is 1.61. The SMILES string of the molecule is CCC(C)(CC)NC(=O)c1cc(S(=O)(=O)Cl)c(F)cc1Cl. The predicted molar refractivity (Wildman–Crippen MR) is 80.9 cm³/mol. The lowest BCUT2D eigenvalue weighted by Crippen LogP contribution is -2.45. The molecule has 0 saturated heterocycles. The van der Waals surface area contributed by atoms with E-state index in [9.17, 15) is 17.6 Å². The highest BCUT2D eigenvalue weighted by Gasteiger charge is 2.26. The number of benzene rings is 1. The van der Waals surface area contributed by atoms with Crippen LogP contribution in [0.25, 0.3) is 0 Å². The van der Waals surface area contributed by atoms with E-state index in [1.54, 1.807) is 0 Å². The van der Waals surface area contributed by atoms with Crippen molar-refractivity contribution in [2.45, 2.75) is 44.0 Å². The van der Waals surface area contributed by atoms with Gasteiger partial charge in [0, 0.05) is 16.2 Å². The van der Waals surface area contributed by atoms with Crippen LogP contribution in [0.1, 0.15) is 44.0 Å². The van der Waals surface area contributed by atoms with E-state index in [2.05, 4.69) is 5.32 Å². The van der Waals surface area contributed by atoms with E-state index in [1.807, 2.05) is 20.8 Å². The Labute approximate surface area is 133 Å². The second-order valence-corrected chi connectivity index (χ2v) is 7.86. The minimum absolute atomic E-state index is 0.134. The second-order valence-electron chi connectivity index (χ2n) is 4.92. The topological polar surface area (TPSA) is 63.2 Å². The van der Waals surface area contributed by atoms with Crippen LogP contribution in [0.15, 0.2) is 17.0 Å². The smallest absolute Gasteiger partial charge is 0.264 e. The fourth-order valence-electron chi connectivity index (χ4n) is 1.66. The fourth-order valence-corrected chi connectivity index (χ4v) is 2.80. The molecule has 118 valence electrons. The van der Waals surface area contributed by atoms with Crippen LogP contribution in [0, 0.1) is 5.82 Å². The molecule has 1 N–H and O–H groups in total. The maximum Gasteiger partial charge on any atom is 0.264 e. The number of carbonyl (C=O) groups is 1. The molecule has 0 atom stereocenters. The minimum Gasteiger partial charge on any atom is -0.347 e. The Hall–Kier alpha value is -0.850. The molecule has 0 heterocycles. The first-order valence-corrected chi connectivity index (χ1v) is 8.99. The van der Waals surface area contributed by atoms with E-state index in [0.29, 0.717) is 12.8 Å². The molecule has 0 spiro atoms. The quantitative estimate of drug-likeness (QED) is 0.818. The summed E-state index contributed by atoms with van der Waals surface area (Å²) >= 11 is 5.82. The normalized spacial score (nSPS) is 12.3. The van der Waals surface area contributed by atoms with Crippen molar-refractivity contribution in [1.82, 2.24) is 5.32 Å². The Bertz CT molecular complexity index is 658. The molecule has 0 unspecified atom stereocenters. The maximum absolute atomic E-state index is 13.6. The Balaban J connectivity index is 3.28. The van der Waals surface area contributed by atoms with Gasteiger partial charge in [0.2, 0.25) is 0 Å². The standard InChI is InChI=1S/C13H16Cl2FNO3S/c1-4-13(3,5-2)17-12(18)8-6-11(21(15,19)20)10(16)7-9(8)14/h6-7H,4-5H2,1-3H3,(H,17,18). The van der Waals surface area contributed by atoms with Gasteiger partial charge in [-0.3, -0.25) is 4.79 Å². The summed E-state index contributed by atoms with van der Waals surface area (Å²) < 4.78 is 36.2. The van der Waals surface area contributed by atoms with Gasteiger partial charge in [0.25, 0.3) is 15.0 Å². The first-order chi connectivity index (χ1) is 9.54. The summed E-state index contributed by atoms with van der Waals surface area (Å²) in [6.45, 7) is 5.66. The maximum atomic E-state index is 13.6. The van der Waals surface area contributed by atoms with Crippen molar-refractivity contribution in [3.63, 3.8) is 0 Å². The number of hydrogen-bond donors (Lipinski definition) is 1. The van der Waals surface area contributed by atoms with Crippen molar-refractivity contribution in [1.29, 1.82) is 0 Å². The third-order valence-electron chi connectivity index (χ3n) is 3.50. The zero-order chi connectivity index (χ0) is 16.4. The molecule has 1 rings (SSSR count). The van der Waals surface area contributed by atoms with Gasteiger partial charge in [-0.25, -0.2) is 12.8 Å². The van der Waals surface area contributed by atoms with Gasteiger partial charge in [0.05, 0.1) is 10.6 Å². The molecule has 0 aliphatic rings. The molecule has 0 aromatic heterocycles. The molecule has 4 nitrogen and oxygen atoms in total. The molecule has 1 aromatic rings. The van der Waals surface area contributed by atoms with Crippen LogP contribution in [0.5, 0.6) is 0 Å². The van der Waals surface area contributed by atoms with Gasteiger partial charge in [0.1, 0.15) is 10.7 Å². The van der Waals surface area contributed by atoms with Crippen molar-refractivity contribution in [2.24, 2.45) is 0 Å².